The Bertz CT molecular complexity index is 582. The predicted octanol–water partition coefficient (Wildman–Crippen LogP) is 3.00. The summed E-state index contributed by atoms with van der Waals surface area (Å²) in [6.07, 6.45) is 3.77. The standard InChI is InChI=1S/C12H13NO4S3/c14-11-10(6-9-2-1-4-17-9)19-12(18)13(11)8-3-5-20(15,16)7-8/h1-2,4,6,8,15-16H,3,5,7H2/b10-6-. The molecule has 0 saturated carbocycles. The second-order valence-electron chi connectivity index (χ2n) is 4.68. The third-order valence-corrected chi connectivity index (χ3v) is 6.38. The lowest BCUT2D eigenvalue weighted by Gasteiger charge is -2.28. The van der Waals surface area contributed by atoms with Crippen molar-refractivity contribution in [3.63, 3.8) is 0 Å². The minimum atomic E-state index is -2.55. The van der Waals surface area contributed by atoms with Gasteiger partial charge in [0.25, 0.3) is 5.91 Å². The van der Waals surface area contributed by atoms with E-state index < -0.39 is 10.6 Å². The molecule has 0 bridgehead atoms. The number of nitrogens with zero attached hydrogens (tertiary/aromatic N) is 1. The first kappa shape index (κ1) is 14.2. The molecule has 2 fully saturated rings. The van der Waals surface area contributed by atoms with Crippen LogP contribution in [-0.2, 0) is 4.79 Å². The molecule has 2 N–H and O–H groups in total. The number of hydrogen-bond acceptors (Lipinski definition) is 6. The van der Waals surface area contributed by atoms with Crippen LogP contribution in [0.5, 0.6) is 0 Å². The van der Waals surface area contributed by atoms with Gasteiger partial charge in [0.15, 0.2) is 0 Å². The smallest absolute Gasteiger partial charge is 0.266 e. The highest BCUT2D eigenvalue weighted by molar-refractivity contribution is 8.27. The number of carbonyl (C=O) groups is 1. The van der Waals surface area contributed by atoms with Gasteiger partial charge in [-0.15, -0.1) is 0 Å². The Morgan fingerprint density at radius 3 is 2.95 bits per heavy atom. The molecule has 2 aliphatic rings. The third-order valence-electron chi connectivity index (χ3n) is 3.24. The van der Waals surface area contributed by atoms with Crippen molar-refractivity contribution in [1.29, 1.82) is 0 Å². The largest absolute Gasteiger partial charge is 0.465 e. The van der Waals surface area contributed by atoms with Crippen LogP contribution in [0.1, 0.15) is 12.2 Å². The van der Waals surface area contributed by atoms with E-state index in [0.29, 0.717) is 27.2 Å². The molecule has 20 heavy (non-hydrogen) atoms. The maximum atomic E-state index is 12.4. The number of hydrogen-bond donors (Lipinski definition) is 2. The van der Waals surface area contributed by atoms with Crippen LogP contribution in [0, 0.1) is 0 Å². The number of thioether (sulfide) groups is 1. The summed E-state index contributed by atoms with van der Waals surface area (Å²) in [5.41, 5.74) is 0. The van der Waals surface area contributed by atoms with Gasteiger partial charge in [-0.2, -0.15) is 10.6 Å². The maximum absolute atomic E-state index is 12.4. The van der Waals surface area contributed by atoms with Gasteiger partial charge in [-0.05, 0) is 18.6 Å². The quantitative estimate of drug-likeness (QED) is 0.641. The van der Waals surface area contributed by atoms with Crippen molar-refractivity contribution in [1.82, 2.24) is 4.90 Å². The van der Waals surface area contributed by atoms with E-state index in [-0.39, 0.29) is 17.7 Å². The summed E-state index contributed by atoms with van der Waals surface area (Å²) in [4.78, 5) is 14.4. The van der Waals surface area contributed by atoms with Crippen molar-refractivity contribution < 1.29 is 18.3 Å². The molecule has 5 nitrogen and oxygen atoms in total. The highest BCUT2D eigenvalue weighted by Crippen LogP contribution is 2.49. The van der Waals surface area contributed by atoms with Crippen molar-refractivity contribution in [3.8, 4) is 0 Å². The minimum absolute atomic E-state index is 0.182. The summed E-state index contributed by atoms with van der Waals surface area (Å²) in [6, 6.07) is 3.30. The molecular formula is C12H13NO4S3. The van der Waals surface area contributed by atoms with Gasteiger partial charge in [0.05, 0.1) is 23.0 Å². The van der Waals surface area contributed by atoms with Crippen molar-refractivity contribution in [2.75, 3.05) is 11.5 Å². The minimum Gasteiger partial charge on any atom is -0.465 e. The average Bonchev–Trinajstić information content (AvgIpc) is 3.03. The molecule has 1 atom stereocenters. The van der Waals surface area contributed by atoms with Gasteiger partial charge < -0.3 is 4.42 Å². The normalized spacial score (nSPS) is 29.4. The molecule has 0 radical (unpaired) electrons. The fourth-order valence-electron chi connectivity index (χ4n) is 2.30. The fraction of sp³-hybridized carbons (Fsp3) is 0.333. The summed E-state index contributed by atoms with van der Waals surface area (Å²) in [5.74, 6) is 0.971. The van der Waals surface area contributed by atoms with Crippen LogP contribution in [0.4, 0.5) is 0 Å². The summed E-state index contributed by atoms with van der Waals surface area (Å²) in [5, 5.41) is 0. The number of thiocarbonyl (C=S) groups is 1. The van der Waals surface area contributed by atoms with Gasteiger partial charge in [0.2, 0.25) is 0 Å². The molecule has 3 heterocycles. The molecule has 2 saturated heterocycles. The van der Waals surface area contributed by atoms with Crippen molar-refractivity contribution in [2.45, 2.75) is 12.5 Å². The zero-order chi connectivity index (χ0) is 14.3. The molecule has 0 aliphatic carbocycles. The molecule has 3 rings (SSSR count). The van der Waals surface area contributed by atoms with Crippen molar-refractivity contribution in [2.24, 2.45) is 0 Å². The molecular weight excluding hydrogens is 318 g/mol. The third kappa shape index (κ3) is 2.66. The maximum Gasteiger partial charge on any atom is 0.266 e. The van der Waals surface area contributed by atoms with Crippen LogP contribution in [0.15, 0.2) is 27.7 Å². The van der Waals surface area contributed by atoms with Gasteiger partial charge in [-0.1, -0.05) is 24.0 Å². The van der Waals surface area contributed by atoms with Crippen LogP contribution < -0.4 is 0 Å². The number of carbonyl (C=O) groups excluding carboxylic acids is 1. The Hall–Kier alpha value is -0.800. The Morgan fingerprint density at radius 1 is 1.55 bits per heavy atom. The first-order valence-corrected chi connectivity index (χ1v) is 9.11. The van der Waals surface area contributed by atoms with E-state index in [1.807, 2.05) is 0 Å². The van der Waals surface area contributed by atoms with Crippen LogP contribution in [0.3, 0.4) is 0 Å². The molecule has 0 aromatic carbocycles. The van der Waals surface area contributed by atoms with E-state index in [1.54, 1.807) is 24.5 Å². The van der Waals surface area contributed by atoms with Crippen LogP contribution >= 0.6 is 34.6 Å². The van der Waals surface area contributed by atoms with Crippen molar-refractivity contribution >= 4 is 50.9 Å². The Kier molecular flexibility index (Phi) is 3.67. The first-order chi connectivity index (χ1) is 9.46. The van der Waals surface area contributed by atoms with Gasteiger partial charge in [0, 0.05) is 11.8 Å². The number of rotatable bonds is 2. The first-order valence-electron chi connectivity index (χ1n) is 6.00. The number of furan rings is 1. The number of amides is 1. The fourth-order valence-corrected chi connectivity index (χ4v) is 5.43. The van der Waals surface area contributed by atoms with Gasteiger partial charge in [0.1, 0.15) is 10.1 Å². The molecule has 1 amide bonds. The molecule has 1 unspecified atom stereocenters. The van der Waals surface area contributed by atoms with Crippen LogP contribution in [0.2, 0.25) is 0 Å². The van der Waals surface area contributed by atoms with E-state index in [1.165, 1.54) is 16.7 Å². The lowest BCUT2D eigenvalue weighted by atomic mass is 10.2. The lowest BCUT2D eigenvalue weighted by Crippen LogP contribution is -2.39. The van der Waals surface area contributed by atoms with E-state index in [4.69, 9.17) is 16.6 Å². The van der Waals surface area contributed by atoms with E-state index in [2.05, 4.69) is 0 Å². The van der Waals surface area contributed by atoms with E-state index in [0.717, 1.165) is 0 Å². The van der Waals surface area contributed by atoms with Crippen molar-refractivity contribution in [3.05, 3.63) is 29.1 Å². The molecule has 8 heteroatoms. The molecule has 2 aliphatic heterocycles. The summed E-state index contributed by atoms with van der Waals surface area (Å²) < 4.78 is 25.0. The molecule has 1 aromatic rings. The summed E-state index contributed by atoms with van der Waals surface area (Å²) >= 11 is 6.47. The van der Waals surface area contributed by atoms with Gasteiger partial charge >= 0.3 is 0 Å². The molecule has 0 spiro atoms. The van der Waals surface area contributed by atoms with Crippen LogP contribution in [0.25, 0.3) is 6.08 Å². The van der Waals surface area contributed by atoms with Gasteiger partial charge in [-0.25, -0.2) is 0 Å². The topological polar surface area (TPSA) is 73.9 Å². The monoisotopic (exact) mass is 331 g/mol. The second kappa shape index (κ2) is 5.19. The Labute approximate surface area is 127 Å². The Morgan fingerprint density at radius 2 is 2.35 bits per heavy atom. The van der Waals surface area contributed by atoms with Crippen LogP contribution in [-0.4, -0.2) is 41.8 Å². The highest BCUT2D eigenvalue weighted by Gasteiger charge is 2.42. The SMILES string of the molecule is O=C1/C(=C/c2ccco2)SC(=S)N1C1CCS(O)(O)C1. The molecule has 108 valence electrons. The highest BCUT2D eigenvalue weighted by atomic mass is 32.3. The molecule has 1 aromatic heterocycles. The van der Waals surface area contributed by atoms with E-state index >= 15 is 0 Å². The Balaban J connectivity index is 1.81. The van der Waals surface area contributed by atoms with Gasteiger partial charge in [-0.3, -0.25) is 18.8 Å². The summed E-state index contributed by atoms with van der Waals surface area (Å²) in [7, 11) is -2.55. The summed E-state index contributed by atoms with van der Waals surface area (Å²) in [6.45, 7) is 0. The van der Waals surface area contributed by atoms with E-state index in [9.17, 15) is 13.9 Å². The zero-order valence-electron chi connectivity index (χ0n) is 10.4. The lowest BCUT2D eigenvalue weighted by molar-refractivity contribution is -0.123. The predicted molar refractivity (Wildman–Crippen MR) is 84.7 cm³/mol. The average molecular weight is 331 g/mol. The zero-order valence-corrected chi connectivity index (χ0v) is 12.8. The second-order valence-corrected chi connectivity index (χ2v) is 8.70.